The van der Waals surface area contributed by atoms with Crippen LogP contribution in [0.3, 0.4) is 0 Å². The summed E-state index contributed by atoms with van der Waals surface area (Å²) in [6.45, 7) is 4.26. The van der Waals surface area contributed by atoms with Crippen LogP contribution in [0.1, 0.15) is 22.8 Å². The fourth-order valence-corrected chi connectivity index (χ4v) is 3.01. The molecule has 0 aliphatic carbocycles. The van der Waals surface area contributed by atoms with Gasteiger partial charge >= 0.3 is 0 Å². The van der Waals surface area contributed by atoms with Gasteiger partial charge in [0.25, 0.3) is 11.5 Å². The Morgan fingerprint density at radius 2 is 1.92 bits per heavy atom. The zero-order valence-corrected chi connectivity index (χ0v) is 14.7. The maximum Gasteiger partial charge on any atom is 0.266 e. The van der Waals surface area contributed by atoms with Crippen molar-refractivity contribution in [3.63, 3.8) is 0 Å². The van der Waals surface area contributed by atoms with Crippen LogP contribution in [0, 0.1) is 6.92 Å². The number of halogens is 1. The number of benzene rings is 1. The molecular weight excluding hydrogens is 342 g/mol. The van der Waals surface area contributed by atoms with Crippen LogP contribution >= 0.6 is 11.6 Å². The Balaban J connectivity index is 1.80. The molecule has 1 aliphatic rings. The molecule has 1 aromatic heterocycles. The average Bonchev–Trinajstić information content (AvgIpc) is 2.59. The number of piperazine rings is 1. The van der Waals surface area contributed by atoms with E-state index in [-0.39, 0.29) is 35.0 Å². The molecule has 130 valence electrons. The highest BCUT2D eigenvalue weighted by molar-refractivity contribution is 6.30. The number of hydrogen-bond acceptors (Lipinski definition) is 3. The zero-order valence-electron chi connectivity index (χ0n) is 14.0. The lowest BCUT2D eigenvalue weighted by Gasteiger charge is -2.39. The number of nitrogens with zero attached hydrogens (tertiary/aromatic N) is 2. The van der Waals surface area contributed by atoms with Crippen LogP contribution in [0.25, 0.3) is 0 Å². The second-order valence-electron chi connectivity index (χ2n) is 6.19. The van der Waals surface area contributed by atoms with Gasteiger partial charge in [-0.1, -0.05) is 29.3 Å². The smallest absolute Gasteiger partial charge is 0.266 e. The van der Waals surface area contributed by atoms with Gasteiger partial charge in [-0.3, -0.25) is 14.4 Å². The summed E-state index contributed by atoms with van der Waals surface area (Å²) in [4.78, 5) is 42.2. The van der Waals surface area contributed by atoms with Crippen molar-refractivity contribution in [3.05, 3.63) is 63.0 Å². The lowest BCUT2D eigenvalue weighted by Crippen LogP contribution is -2.57. The normalized spacial score (nSPS) is 17.7. The summed E-state index contributed by atoms with van der Waals surface area (Å²) in [5.41, 5.74) is 1.74. The monoisotopic (exact) mass is 359 g/mol. The number of hydrogen-bond donors (Lipinski definition) is 1. The Morgan fingerprint density at radius 1 is 1.24 bits per heavy atom. The van der Waals surface area contributed by atoms with E-state index in [4.69, 9.17) is 11.6 Å². The number of aromatic amines is 1. The van der Waals surface area contributed by atoms with Crippen LogP contribution < -0.4 is 10.5 Å². The van der Waals surface area contributed by atoms with E-state index in [2.05, 4.69) is 4.98 Å². The van der Waals surface area contributed by atoms with Crippen molar-refractivity contribution in [2.75, 3.05) is 18.0 Å². The number of nitrogens with one attached hydrogen (secondary N) is 1. The summed E-state index contributed by atoms with van der Waals surface area (Å²) < 4.78 is 0. The van der Waals surface area contributed by atoms with E-state index in [1.165, 1.54) is 17.2 Å². The van der Waals surface area contributed by atoms with Gasteiger partial charge in [0.1, 0.15) is 11.6 Å². The number of aromatic nitrogens is 1. The lowest BCUT2D eigenvalue weighted by atomic mass is 10.1. The molecule has 1 atom stereocenters. The van der Waals surface area contributed by atoms with E-state index in [0.29, 0.717) is 6.54 Å². The van der Waals surface area contributed by atoms with E-state index < -0.39 is 5.56 Å². The Labute approximate surface area is 150 Å². The van der Waals surface area contributed by atoms with Gasteiger partial charge in [-0.15, -0.1) is 0 Å². The second-order valence-corrected chi connectivity index (χ2v) is 6.59. The molecule has 1 aliphatic heterocycles. The quantitative estimate of drug-likeness (QED) is 0.893. The second kappa shape index (κ2) is 6.72. The highest BCUT2D eigenvalue weighted by Crippen LogP contribution is 2.22. The Morgan fingerprint density at radius 3 is 2.56 bits per heavy atom. The van der Waals surface area contributed by atoms with Crippen LogP contribution in [0.5, 0.6) is 0 Å². The van der Waals surface area contributed by atoms with E-state index in [9.17, 15) is 14.4 Å². The first-order chi connectivity index (χ1) is 11.9. The average molecular weight is 360 g/mol. The number of aryl methyl sites for hydroxylation is 1. The van der Waals surface area contributed by atoms with Gasteiger partial charge in [0.2, 0.25) is 5.91 Å². The Hall–Kier alpha value is -2.60. The number of rotatable bonds is 2. The zero-order chi connectivity index (χ0) is 18.1. The summed E-state index contributed by atoms with van der Waals surface area (Å²) in [7, 11) is 0. The molecule has 0 spiro atoms. The van der Waals surface area contributed by atoms with Crippen molar-refractivity contribution >= 4 is 29.1 Å². The molecule has 0 unspecified atom stereocenters. The number of carbonyl (C=O) groups is 2. The summed E-state index contributed by atoms with van der Waals surface area (Å²) in [5.74, 6) is -0.478. The minimum absolute atomic E-state index is 0.0232. The fourth-order valence-electron chi connectivity index (χ4n) is 2.84. The predicted octanol–water partition coefficient (Wildman–Crippen LogP) is 2.21. The van der Waals surface area contributed by atoms with Crippen LogP contribution in [-0.2, 0) is 4.79 Å². The molecule has 1 aromatic carbocycles. The number of anilines is 1. The molecule has 1 N–H and O–H groups in total. The molecule has 0 bridgehead atoms. The van der Waals surface area contributed by atoms with Gasteiger partial charge < -0.3 is 14.8 Å². The van der Waals surface area contributed by atoms with Gasteiger partial charge in [-0.2, -0.15) is 0 Å². The van der Waals surface area contributed by atoms with E-state index in [0.717, 1.165) is 11.3 Å². The van der Waals surface area contributed by atoms with Crippen molar-refractivity contribution in [2.24, 2.45) is 0 Å². The van der Waals surface area contributed by atoms with Crippen molar-refractivity contribution in [1.82, 2.24) is 9.88 Å². The first-order valence-electron chi connectivity index (χ1n) is 7.93. The van der Waals surface area contributed by atoms with Crippen LogP contribution in [0.2, 0.25) is 5.02 Å². The van der Waals surface area contributed by atoms with Crippen LogP contribution in [0.4, 0.5) is 5.69 Å². The maximum atomic E-state index is 12.7. The Kier molecular flexibility index (Phi) is 4.63. The molecule has 0 radical (unpaired) electrons. The van der Waals surface area contributed by atoms with Gasteiger partial charge in [0, 0.05) is 24.5 Å². The van der Waals surface area contributed by atoms with Gasteiger partial charge in [0.05, 0.1) is 5.56 Å². The van der Waals surface area contributed by atoms with E-state index in [1.54, 1.807) is 4.90 Å². The highest BCUT2D eigenvalue weighted by atomic mass is 35.5. The van der Waals surface area contributed by atoms with Gasteiger partial charge in [0.15, 0.2) is 0 Å². The molecule has 6 nitrogen and oxygen atoms in total. The van der Waals surface area contributed by atoms with Gasteiger partial charge in [-0.05, 0) is 32.0 Å². The standard InChI is InChI=1S/C18H18ClN3O3/c1-11-3-5-14(6-4-11)22-9-12(2)21(10-16(22)23)18(25)13-7-15(19)17(24)20-8-13/h3-8,12H,9-10H2,1-2H3,(H,20,24)/t12-/m0/s1. The third-order valence-corrected chi connectivity index (χ3v) is 4.58. The summed E-state index contributed by atoms with van der Waals surface area (Å²) >= 11 is 5.79. The van der Waals surface area contributed by atoms with Crippen molar-refractivity contribution in [3.8, 4) is 0 Å². The third kappa shape index (κ3) is 3.44. The van der Waals surface area contributed by atoms with Crippen molar-refractivity contribution < 1.29 is 9.59 Å². The molecule has 7 heteroatoms. The third-order valence-electron chi connectivity index (χ3n) is 4.30. The summed E-state index contributed by atoms with van der Waals surface area (Å²) in [5, 5.41) is -0.0527. The summed E-state index contributed by atoms with van der Waals surface area (Å²) in [6.07, 6.45) is 1.32. The number of H-pyrrole nitrogens is 1. The number of pyridine rings is 1. The first-order valence-corrected chi connectivity index (χ1v) is 8.31. The molecular formula is C18H18ClN3O3. The SMILES string of the molecule is Cc1ccc(N2C[C@H](C)N(C(=O)c3c[nH]c(=O)c(Cl)c3)CC2=O)cc1. The van der Waals surface area contributed by atoms with Gasteiger partial charge in [-0.25, -0.2) is 0 Å². The molecule has 2 heterocycles. The highest BCUT2D eigenvalue weighted by Gasteiger charge is 2.33. The molecule has 2 aromatic rings. The fraction of sp³-hybridized carbons (Fsp3) is 0.278. The lowest BCUT2D eigenvalue weighted by molar-refractivity contribution is -0.121. The number of carbonyl (C=O) groups excluding carboxylic acids is 2. The number of amides is 2. The molecule has 1 fully saturated rings. The van der Waals surface area contributed by atoms with Crippen LogP contribution in [-0.4, -0.2) is 40.8 Å². The minimum Gasteiger partial charge on any atom is -0.327 e. The maximum absolute atomic E-state index is 12.7. The van der Waals surface area contributed by atoms with E-state index in [1.807, 2.05) is 38.1 Å². The molecule has 3 rings (SSSR count). The molecule has 1 saturated heterocycles. The molecule has 25 heavy (non-hydrogen) atoms. The summed E-state index contributed by atoms with van der Waals surface area (Å²) in [6, 6.07) is 8.86. The molecule has 0 saturated carbocycles. The predicted molar refractivity (Wildman–Crippen MR) is 96.1 cm³/mol. The molecule has 2 amide bonds. The first kappa shape index (κ1) is 17.2. The van der Waals surface area contributed by atoms with Crippen LogP contribution in [0.15, 0.2) is 41.3 Å². The van der Waals surface area contributed by atoms with Crippen molar-refractivity contribution in [1.29, 1.82) is 0 Å². The van der Waals surface area contributed by atoms with E-state index >= 15 is 0 Å². The Bertz CT molecular complexity index is 876. The topological polar surface area (TPSA) is 73.5 Å². The largest absolute Gasteiger partial charge is 0.327 e. The van der Waals surface area contributed by atoms with Crippen molar-refractivity contribution in [2.45, 2.75) is 19.9 Å². The minimum atomic E-state index is -0.452.